The number of aromatic nitrogens is 3. The number of hydrogen-bond acceptors (Lipinski definition) is 7. The quantitative estimate of drug-likeness (QED) is 0.380. The minimum atomic E-state index is -0.437. The highest BCUT2D eigenvalue weighted by atomic mass is 16.6. The molecule has 4 aromatic rings. The zero-order valence-corrected chi connectivity index (χ0v) is 15.6. The van der Waals surface area contributed by atoms with Crippen LogP contribution >= 0.6 is 0 Å². The Balaban J connectivity index is 1.61. The molecule has 0 atom stereocenters. The van der Waals surface area contributed by atoms with Crippen molar-refractivity contribution in [2.24, 2.45) is 0 Å². The number of anilines is 1. The normalized spacial score (nSPS) is 10.7. The van der Waals surface area contributed by atoms with Gasteiger partial charge in [0.1, 0.15) is 5.69 Å². The van der Waals surface area contributed by atoms with E-state index >= 15 is 0 Å². The first-order chi connectivity index (χ1) is 14.1. The summed E-state index contributed by atoms with van der Waals surface area (Å²) in [6, 6.07) is 16.2. The number of hydrogen-bond donors (Lipinski definition) is 1. The SMILES string of the molecule is Cc1ccccc1-c1noc(-c2ccc(NCc3cccnc3)c([N+](=O)[O-])c2)n1. The first-order valence-electron chi connectivity index (χ1n) is 8.93. The molecule has 29 heavy (non-hydrogen) atoms. The molecule has 8 nitrogen and oxygen atoms in total. The number of rotatable bonds is 6. The Bertz CT molecular complexity index is 1160. The van der Waals surface area contributed by atoms with Gasteiger partial charge < -0.3 is 9.84 Å². The summed E-state index contributed by atoms with van der Waals surface area (Å²) in [5.41, 5.74) is 3.61. The van der Waals surface area contributed by atoms with Crippen molar-refractivity contribution in [3.05, 3.63) is 88.2 Å². The summed E-state index contributed by atoms with van der Waals surface area (Å²) in [6.07, 6.45) is 3.38. The van der Waals surface area contributed by atoms with E-state index in [9.17, 15) is 10.1 Å². The van der Waals surface area contributed by atoms with Crippen molar-refractivity contribution >= 4 is 11.4 Å². The Hall–Kier alpha value is -4.07. The van der Waals surface area contributed by atoms with Crippen LogP contribution in [-0.2, 0) is 6.54 Å². The molecule has 2 aromatic heterocycles. The number of nitro benzene ring substituents is 1. The molecule has 8 heteroatoms. The molecule has 144 valence electrons. The van der Waals surface area contributed by atoms with Crippen molar-refractivity contribution in [2.75, 3.05) is 5.32 Å². The highest BCUT2D eigenvalue weighted by Crippen LogP contribution is 2.31. The van der Waals surface area contributed by atoms with Crippen LogP contribution in [0.25, 0.3) is 22.8 Å². The Morgan fingerprint density at radius 3 is 2.76 bits per heavy atom. The lowest BCUT2D eigenvalue weighted by Crippen LogP contribution is -2.03. The van der Waals surface area contributed by atoms with Crippen molar-refractivity contribution < 1.29 is 9.45 Å². The molecule has 0 aliphatic carbocycles. The molecule has 0 aliphatic heterocycles. The standard InChI is InChI=1S/C21H17N5O3/c1-14-5-2-3-7-17(14)20-24-21(29-25-20)16-8-9-18(19(11-16)26(27)28)23-13-15-6-4-10-22-12-15/h2-12,23H,13H2,1H3. The van der Waals surface area contributed by atoms with Crippen molar-refractivity contribution in [3.8, 4) is 22.8 Å². The van der Waals surface area contributed by atoms with E-state index in [0.29, 0.717) is 23.6 Å². The predicted molar refractivity (Wildman–Crippen MR) is 108 cm³/mol. The lowest BCUT2D eigenvalue weighted by Gasteiger charge is -2.07. The first kappa shape index (κ1) is 18.3. The predicted octanol–water partition coefficient (Wildman–Crippen LogP) is 4.63. The number of benzene rings is 2. The van der Waals surface area contributed by atoms with Crippen molar-refractivity contribution in [2.45, 2.75) is 13.5 Å². The average molecular weight is 387 g/mol. The second-order valence-electron chi connectivity index (χ2n) is 6.44. The summed E-state index contributed by atoms with van der Waals surface area (Å²) < 4.78 is 5.35. The fraction of sp³-hybridized carbons (Fsp3) is 0.0952. The van der Waals surface area contributed by atoms with Crippen LogP contribution in [0.5, 0.6) is 0 Å². The van der Waals surface area contributed by atoms with Crippen LogP contribution < -0.4 is 5.32 Å². The third-order valence-corrected chi connectivity index (χ3v) is 4.46. The third kappa shape index (κ3) is 3.96. The summed E-state index contributed by atoms with van der Waals surface area (Å²) in [5, 5.41) is 18.7. The molecule has 0 spiro atoms. The zero-order chi connectivity index (χ0) is 20.2. The van der Waals surface area contributed by atoms with Crippen LogP contribution in [0.1, 0.15) is 11.1 Å². The fourth-order valence-electron chi connectivity index (χ4n) is 2.94. The van der Waals surface area contributed by atoms with E-state index in [4.69, 9.17) is 4.52 Å². The van der Waals surface area contributed by atoms with Gasteiger partial charge in [-0.25, -0.2) is 0 Å². The number of nitrogens with one attached hydrogen (secondary N) is 1. The monoisotopic (exact) mass is 387 g/mol. The maximum absolute atomic E-state index is 11.6. The van der Waals surface area contributed by atoms with Crippen LogP contribution in [0.3, 0.4) is 0 Å². The molecule has 0 fully saturated rings. The molecule has 0 amide bonds. The van der Waals surface area contributed by atoms with E-state index in [0.717, 1.165) is 16.7 Å². The van der Waals surface area contributed by atoms with Gasteiger partial charge in [-0.3, -0.25) is 15.1 Å². The second kappa shape index (κ2) is 7.89. The van der Waals surface area contributed by atoms with E-state index in [1.807, 2.05) is 43.3 Å². The zero-order valence-electron chi connectivity index (χ0n) is 15.6. The second-order valence-corrected chi connectivity index (χ2v) is 6.44. The van der Waals surface area contributed by atoms with Crippen LogP contribution in [0, 0.1) is 17.0 Å². The summed E-state index contributed by atoms with van der Waals surface area (Å²) in [4.78, 5) is 19.6. The molecule has 0 saturated carbocycles. The molecular formula is C21H17N5O3. The van der Waals surface area contributed by atoms with E-state index in [1.165, 1.54) is 6.07 Å². The van der Waals surface area contributed by atoms with Crippen LogP contribution in [0.4, 0.5) is 11.4 Å². The number of nitro groups is 1. The molecule has 2 heterocycles. The molecule has 0 bridgehead atoms. The van der Waals surface area contributed by atoms with Gasteiger partial charge in [-0.2, -0.15) is 4.98 Å². The van der Waals surface area contributed by atoms with E-state index < -0.39 is 4.92 Å². The first-order valence-corrected chi connectivity index (χ1v) is 8.93. The molecule has 0 saturated heterocycles. The lowest BCUT2D eigenvalue weighted by atomic mass is 10.1. The van der Waals surface area contributed by atoms with Gasteiger partial charge in [0.05, 0.1) is 4.92 Å². The number of nitrogens with zero attached hydrogens (tertiary/aromatic N) is 4. The van der Waals surface area contributed by atoms with Gasteiger partial charge in [0.15, 0.2) is 0 Å². The van der Waals surface area contributed by atoms with Crippen LogP contribution in [0.2, 0.25) is 0 Å². The Labute approximate surface area is 166 Å². The van der Waals surface area contributed by atoms with Gasteiger partial charge >= 0.3 is 0 Å². The molecule has 2 aromatic carbocycles. The highest BCUT2D eigenvalue weighted by molar-refractivity contribution is 5.71. The molecule has 0 unspecified atom stereocenters. The van der Waals surface area contributed by atoms with E-state index in [2.05, 4.69) is 20.4 Å². The van der Waals surface area contributed by atoms with Gasteiger partial charge in [-0.1, -0.05) is 35.5 Å². The van der Waals surface area contributed by atoms with Gasteiger partial charge in [0.25, 0.3) is 11.6 Å². The van der Waals surface area contributed by atoms with E-state index in [1.54, 1.807) is 24.5 Å². The maximum Gasteiger partial charge on any atom is 0.293 e. The van der Waals surface area contributed by atoms with Gasteiger partial charge in [-0.15, -0.1) is 0 Å². The summed E-state index contributed by atoms with van der Waals surface area (Å²) in [5.74, 6) is 0.671. The smallest absolute Gasteiger partial charge is 0.293 e. The van der Waals surface area contributed by atoms with Crippen molar-refractivity contribution in [3.63, 3.8) is 0 Å². The summed E-state index contributed by atoms with van der Waals surface area (Å²) in [7, 11) is 0. The van der Waals surface area contributed by atoms with Gasteiger partial charge in [-0.05, 0) is 36.2 Å². The summed E-state index contributed by atoms with van der Waals surface area (Å²) in [6.45, 7) is 2.38. The van der Waals surface area contributed by atoms with Crippen molar-refractivity contribution in [1.82, 2.24) is 15.1 Å². The Kier molecular flexibility index (Phi) is 4.98. The third-order valence-electron chi connectivity index (χ3n) is 4.46. The number of aryl methyl sites for hydroxylation is 1. The molecule has 0 aliphatic rings. The van der Waals surface area contributed by atoms with Gasteiger partial charge in [0.2, 0.25) is 5.82 Å². The number of pyridine rings is 1. The fourth-order valence-corrected chi connectivity index (χ4v) is 2.94. The van der Waals surface area contributed by atoms with Crippen molar-refractivity contribution in [1.29, 1.82) is 0 Å². The highest BCUT2D eigenvalue weighted by Gasteiger charge is 2.19. The molecule has 4 rings (SSSR count). The van der Waals surface area contributed by atoms with Crippen LogP contribution in [0.15, 0.2) is 71.5 Å². The molecule has 1 N–H and O–H groups in total. The molecule has 0 radical (unpaired) electrons. The van der Waals surface area contributed by atoms with Gasteiger partial charge in [0, 0.05) is 36.1 Å². The molecular weight excluding hydrogens is 370 g/mol. The van der Waals surface area contributed by atoms with Crippen LogP contribution in [-0.4, -0.2) is 20.0 Å². The minimum absolute atomic E-state index is 0.0676. The average Bonchev–Trinajstić information content (AvgIpc) is 3.23. The minimum Gasteiger partial charge on any atom is -0.375 e. The lowest BCUT2D eigenvalue weighted by molar-refractivity contribution is -0.383. The summed E-state index contributed by atoms with van der Waals surface area (Å²) >= 11 is 0. The Morgan fingerprint density at radius 1 is 1.14 bits per heavy atom. The van der Waals surface area contributed by atoms with E-state index in [-0.39, 0.29) is 11.6 Å². The largest absolute Gasteiger partial charge is 0.375 e. The Morgan fingerprint density at radius 2 is 2.00 bits per heavy atom. The topological polar surface area (TPSA) is 107 Å². The maximum atomic E-state index is 11.6.